The molecule has 5 heteroatoms. The molecule has 0 aromatic heterocycles. The maximum atomic E-state index is 12.6. The minimum Gasteiger partial charge on any atom is -0.497 e. The molecule has 1 saturated heterocycles. The van der Waals surface area contributed by atoms with Gasteiger partial charge in [-0.05, 0) is 49.9 Å². The van der Waals surface area contributed by atoms with E-state index in [4.69, 9.17) is 9.84 Å². The Morgan fingerprint density at radius 3 is 2.62 bits per heavy atom. The maximum Gasteiger partial charge on any atom is 0.303 e. The van der Waals surface area contributed by atoms with Crippen molar-refractivity contribution in [2.75, 3.05) is 13.7 Å². The zero-order chi connectivity index (χ0) is 15.2. The summed E-state index contributed by atoms with van der Waals surface area (Å²) >= 11 is 0. The normalized spacial score (nSPS) is 18.3. The van der Waals surface area contributed by atoms with Gasteiger partial charge in [0.2, 0.25) is 0 Å². The molecule has 0 unspecified atom stereocenters. The van der Waals surface area contributed by atoms with Gasteiger partial charge >= 0.3 is 5.97 Å². The van der Waals surface area contributed by atoms with Gasteiger partial charge in [0, 0.05) is 24.6 Å². The largest absolute Gasteiger partial charge is 0.497 e. The summed E-state index contributed by atoms with van der Waals surface area (Å²) in [6.07, 6.45) is 3.55. The van der Waals surface area contributed by atoms with Crippen LogP contribution in [0.1, 0.15) is 42.5 Å². The Hall–Kier alpha value is -2.04. The molecule has 0 aliphatic carbocycles. The van der Waals surface area contributed by atoms with E-state index in [0.717, 1.165) is 19.3 Å². The molecule has 114 valence electrons. The van der Waals surface area contributed by atoms with Gasteiger partial charge in [-0.15, -0.1) is 0 Å². The van der Waals surface area contributed by atoms with Crippen LogP contribution >= 0.6 is 0 Å². The van der Waals surface area contributed by atoms with E-state index in [2.05, 4.69) is 0 Å². The highest BCUT2D eigenvalue weighted by molar-refractivity contribution is 5.94. The number of carboxylic acids is 1. The van der Waals surface area contributed by atoms with Gasteiger partial charge in [-0.3, -0.25) is 9.59 Å². The zero-order valence-electron chi connectivity index (χ0n) is 12.2. The quantitative estimate of drug-likeness (QED) is 0.905. The zero-order valence-corrected chi connectivity index (χ0v) is 12.2. The molecule has 1 atom stereocenters. The van der Waals surface area contributed by atoms with E-state index in [0.29, 0.717) is 24.3 Å². The van der Waals surface area contributed by atoms with Crippen LogP contribution in [0.15, 0.2) is 24.3 Å². The number of benzene rings is 1. The first-order chi connectivity index (χ1) is 10.1. The Bertz CT molecular complexity index is 498. The number of hydrogen-bond donors (Lipinski definition) is 1. The lowest BCUT2D eigenvalue weighted by molar-refractivity contribution is -0.137. The van der Waals surface area contributed by atoms with E-state index in [-0.39, 0.29) is 18.4 Å². The number of nitrogens with zero attached hydrogens (tertiary/aromatic N) is 1. The summed E-state index contributed by atoms with van der Waals surface area (Å²) in [4.78, 5) is 25.2. The third-order valence-electron chi connectivity index (χ3n) is 3.92. The molecule has 0 bridgehead atoms. The molecule has 1 aromatic carbocycles. The van der Waals surface area contributed by atoms with Crippen molar-refractivity contribution >= 4 is 11.9 Å². The Kier molecular flexibility index (Phi) is 5.20. The predicted molar refractivity (Wildman–Crippen MR) is 78.5 cm³/mol. The first kappa shape index (κ1) is 15.4. The number of ether oxygens (including phenoxy) is 1. The van der Waals surface area contributed by atoms with E-state index in [1.165, 1.54) is 0 Å². The molecule has 2 rings (SSSR count). The van der Waals surface area contributed by atoms with Crippen molar-refractivity contribution in [1.29, 1.82) is 0 Å². The molecular weight excluding hydrogens is 270 g/mol. The third kappa shape index (κ3) is 3.97. The number of carbonyl (C=O) groups is 2. The molecule has 0 saturated carbocycles. The van der Waals surface area contributed by atoms with Crippen LogP contribution in [-0.4, -0.2) is 41.6 Å². The highest BCUT2D eigenvalue weighted by Crippen LogP contribution is 2.23. The van der Waals surface area contributed by atoms with Gasteiger partial charge in [-0.25, -0.2) is 0 Å². The van der Waals surface area contributed by atoms with Crippen molar-refractivity contribution < 1.29 is 19.4 Å². The van der Waals surface area contributed by atoms with Gasteiger partial charge < -0.3 is 14.7 Å². The maximum absolute atomic E-state index is 12.6. The van der Waals surface area contributed by atoms with Crippen LogP contribution in [0.5, 0.6) is 5.75 Å². The Labute approximate surface area is 124 Å². The van der Waals surface area contributed by atoms with Crippen LogP contribution < -0.4 is 4.74 Å². The predicted octanol–water partition coefficient (Wildman–Crippen LogP) is 2.55. The van der Waals surface area contributed by atoms with Gasteiger partial charge in [0.25, 0.3) is 5.91 Å². The summed E-state index contributed by atoms with van der Waals surface area (Å²) in [5, 5.41) is 8.83. The van der Waals surface area contributed by atoms with Crippen LogP contribution in [0.3, 0.4) is 0 Å². The van der Waals surface area contributed by atoms with Crippen molar-refractivity contribution in [3.8, 4) is 5.75 Å². The first-order valence-corrected chi connectivity index (χ1v) is 7.28. The number of likely N-dealkylation sites (tertiary alicyclic amines) is 1. The smallest absolute Gasteiger partial charge is 0.303 e. The second-order valence-corrected chi connectivity index (χ2v) is 5.31. The molecule has 0 spiro atoms. The summed E-state index contributed by atoms with van der Waals surface area (Å²) in [7, 11) is 1.59. The summed E-state index contributed by atoms with van der Waals surface area (Å²) in [5.74, 6) is -0.113. The van der Waals surface area contributed by atoms with E-state index < -0.39 is 5.97 Å². The molecule has 1 heterocycles. The summed E-state index contributed by atoms with van der Waals surface area (Å²) in [6, 6.07) is 7.07. The number of aliphatic carboxylic acids is 1. The second-order valence-electron chi connectivity index (χ2n) is 5.31. The lowest BCUT2D eigenvalue weighted by atomic mass is 9.97. The average molecular weight is 291 g/mol. The van der Waals surface area contributed by atoms with Gasteiger partial charge in [-0.1, -0.05) is 0 Å². The topological polar surface area (TPSA) is 66.8 Å². The van der Waals surface area contributed by atoms with Crippen LogP contribution in [0.25, 0.3) is 0 Å². The number of amides is 1. The van der Waals surface area contributed by atoms with Crippen LogP contribution in [-0.2, 0) is 4.79 Å². The Balaban J connectivity index is 2.08. The number of hydrogen-bond acceptors (Lipinski definition) is 3. The van der Waals surface area contributed by atoms with Gasteiger partial charge in [0.05, 0.1) is 7.11 Å². The molecule has 1 aliphatic heterocycles. The number of methoxy groups -OCH3 is 1. The fourth-order valence-corrected chi connectivity index (χ4v) is 2.76. The molecule has 1 amide bonds. The van der Waals surface area contributed by atoms with Crippen LogP contribution in [0.2, 0.25) is 0 Å². The fraction of sp³-hybridized carbons (Fsp3) is 0.500. The van der Waals surface area contributed by atoms with E-state index in [1.807, 2.05) is 4.90 Å². The Morgan fingerprint density at radius 2 is 2.00 bits per heavy atom. The van der Waals surface area contributed by atoms with Crippen molar-refractivity contribution in [2.45, 2.75) is 38.1 Å². The van der Waals surface area contributed by atoms with E-state index in [1.54, 1.807) is 31.4 Å². The minimum absolute atomic E-state index is 0.0206. The van der Waals surface area contributed by atoms with E-state index >= 15 is 0 Å². The lowest BCUT2D eigenvalue weighted by Gasteiger charge is -2.35. The monoisotopic (exact) mass is 291 g/mol. The molecule has 1 aromatic rings. The summed E-state index contributed by atoms with van der Waals surface area (Å²) < 4.78 is 5.09. The molecule has 1 fully saturated rings. The van der Waals surface area contributed by atoms with E-state index in [9.17, 15) is 9.59 Å². The molecule has 1 N–H and O–H groups in total. The SMILES string of the molecule is COc1ccc(C(=O)N2CCCC[C@H]2CCC(=O)O)cc1. The van der Waals surface area contributed by atoms with Gasteiger partial charge in [-0.2, -0.15) is 0 Å². The van der Waals surface area contributed by atoms with Crippen molar-refractivity contribution in [3.63, 3.8) is 0 Å². The molecular formula is C16H21NO4. The van der Waals surface area contributed by atoms with Gasteiger partial charge in [0.15, 0.2) is 0 Å². The molecule has 21 heavy (non-hydrogen) atoms. The Morgan fingerprint density at radius 1 is 1.29 bits per heavy atom. The minimum atomic E-state index is -0.808. The number of piperidine rings is 1. The molecule has 1 aliphatic rings. The van der Waals surface area contributed by atoms with Crippen LogP contribution in [0, 0.1) is 0 Å². The highest BCUT2D eigenvalue weighted by atomic mass is 16.5. The number of rotatable bonds is 5. The van der Waals surface area contributed by atoms with Crippen molar-refractivity contribution in [3.05, 3.63) is 29.8 Å². The van der Waals surface area contributed by atoms with Crippen molar-refractivity contribution in [1.82, 2.24) is 4.90 Å². The average Bonchev–Trinajstić information content (AvgIpc) is 2.52. The second kappa shape index (κ2) is 7.11. The third-order valence-corrected chi connectivity index (χ3v) is 3.92. The summed E-state index contributed by atoms with van der Waals surface area (Å²) in [6.45, 7) is 0.704. The number of carbonyl (C=O) groups excluding carboxylic acids is 1. The number of carboxylic acid groups (broad SMARTS) is 1. The summed E-state index contributed by atoms with van der Waals surface area (Å²) in [5.41, 5.74) is 0.623. The first-order valence-electron chi connectivity index (χ1n) is 7.28. The highest BCUT2D eigenvalue weighted by Gasteiger charge is 2.27. The van der Waals surface area contributed by atoms with Crippen molar-refractivity contribution in [2.24, 2.45) is 0 Å². The van der Waals surface area contributed by atoms with Crippen LogP contribution in [0.4, 0.5) is 0 Å². The van der Waals surface area contributed by atoms with Gasteiger partial charge in [0.1, 0.15) is 5.75 Å². The molecule has 0 radical (unpaired) electrons. The fourth-order valence-electron chi connectivity index (χ4n) is 2.76. The standard InChI is InChI=1S/C16H21NO4/c1-21-14-8-5-12(6-9-14)16(20)17-11-3-2-4-13(17)7-10-15(18)19/h5-6,8-9,13H,2-4,7,10-11H2,1H3,(H,18,19)/t13-/m0/s1. The molecule has 5 nitrogen and oxygen atoms in total. The lowest BCUT2D eigenvalue weighted by Crippen LogP contribution is -2.43.